The van der Waals surface area contributed by atoms with Crippen molar-refractivity contribution in [1.29, 1.82) is 0 Å². The van der Waals surface area contributed by atoms with Gasteiger partial charge >= 0.3 is 0 Å². The molecule has 0 spiro atoms. The summed E-state index contributed by atoms with van der Waals surface area (Å²) < 4.78 is 0. The molecule has 0 aliphatic carbocycles. The number of fused-ring (bicyclic) bond motifs is 1. The maximum Gasteiger partial charge on any atom is 0.248 e. The molecule has 0 radical (unpaired) electrons. The van der Waals surface area contributed by atoms with Gasteiger partial charge in [-0.1, -0.05) is 38.1 Å². The zero-order valence-electron chi connectivity index (χ0n) is 22.0. The predicted octanol–water partition coefficient (Wildman–Crippen LogP) is 6.66. The van der Waals surface area contributed by atoms with Gasteiger partial charge in [0.25, 0.3) is 0 Å². The number of amides is 1. The molecule has 0 bridgehead atoms. The number of hydrogen-bond donors (Lipinski definition) is 1. The molecule has 0 aliphatic rings. The SMILES string of the molecule is CCN(CC)c1ccc(-n2nc3cc(C)c(NC(=O)/C=C/c4ccc(C(C)C)cc4)cc3n2)c(C)c1. The lowest BCUT2D eigenvalue weighted by Crippen LogP contribution is -2.21. The molecule has 186 valence electrons. The van der Waals surface area contributed by atoms with Gasteiger partial charge in [-0.2, -0.15) is 4.80 Å². The van der Waals surface area contributed by atoms with E-state index in [0.29, 0.717) is 5.92 Å². The highest BCUT2D eigenvalue weighted by Gasteiger charge is 2.12. The lowest BCUT2D eigenvalue weighted by Gasteiger charge is -2.22. The molecule has 0 saturated heterocycles. The molecule has 1 N–H and O–H groups in total. The Hall–Kier alpha value is -3.93. The van der Waals surface area contributed by atoms with Crippen LogP contribution in [-0.2, 0) is 4.79 Å². The Morgan fingerprint density at radius 2 is 1.61 bits per heavy atom. The second-order valence-electron chi connectivity index (χ2n) is 9.43. The number of nitrogens with zero attached hydrogens (tertiary/aromatic N) is 4. The Labute approximate surface area is 213 Å². The highest BCUT2D eigenvalue weighted by molar-refractivity contribution is 6.03. The summed E-state index contributed by atoms with van der Waals surface area (Å²) in [5.74, 6) is 0.304. The van der Waals surface area contributed by atoms with Gasteiger partial charge in [0, 0.05) is 30.5 Å². The fourth-order valence-corrected chi connectivity index (χ4v) is 4.30. The van der Waals surface area contributed by atoms with Crippen molar-refractivity contribution in [3.05, 3.63) is 82.9 Å². The fourth-order valence-electron chi connectivity index (χ4n) is 4.30. The van der Waals surface area contributed by atoms with Crippen molar-refractivity contribution < 1.29 is 4.79 Å². The van der Waals surface area contributed by atoms with Crippen LogP contribution in [-0.4, -0.2) is 34.0 Å². The van der Waals surface area contributed by atoms with Crippen LogP contribution in [0, 0.1) is 13.8 Å². The van der Waals surface area contributed by atoms with Crippen LogP contribution in [0.25, 0.3) is 22.8 Å². The van der Waals surface area contributed by atoms with Gasteiger partial charge < -0.3 is 10.2 Å². The van der Waals surface area contributed by atoms with Crippen molar-refractivity contribution in [3.63, 3.8) is 0 Å². The van der Waals surface area contributed by atoms with Crippen LogP contribution < -0.4 is 10.2 Å². The van der Waals surface area contributed by atoms with E-state index in [9.17, 15) is 4.79 Å². The summed E-state index contributed by atoms with van der Waals surface area (Å²) in [6, 6.07) is 18.5. The van der Waals surface area contributed by atoms with E-state index in [4.69, 9.17) is 10.2 Å². The number of benzene rings is 3. The van der Waals surface area contributed by atoms with Crippen molar-refractivity contribution in [3.8, 4) is 5.69 Å². The molecule has 1 aromatic heterocycles. The third-order valence-electron chi connectivity index (χ3n) is 6.54. The summed E-state index contributed by atoms with van der Waals surface area (Å²) in [5, 5.41) is 12.4. The van der Waals surface area contributed by atoms with E-state index < -0.39 is 0 Å². The summed E-state index contributed by atoms with van der Waals surface area (Å²) in [7, 11) is 0. The minimum atomic E-state index is -0.180. The second kappa shape index (κ2) is 10.8. The van der Waals surface area contributed by atoms with Crippen LogP contribution in [0.2, 0.25) is 0 Å². The zero-order chi connectivity index (χ0) is 25.8. The lowest BCUT2D eigenvalue weighted by molar-refractivity contribution is -0.111. The summed E-state index contributed by atoms with van der Waals surface area (Å²) >= 11 is 0. The smallest absolute Gasteiger partial charge is 0.248 e. The maximum atomic E-state index is 12.6. The molecule has 3 aromatic carbocycles. The summed E-state index contributed by atoms with van der Waals surface area (Å²) in [6.07, 6.45) is 3.39. The van der Waals surface area contributed by atoms with Gasteiger partial charge in [-0.3, -0.25) is 4.79 Å². The third-order valence-corrected chi connectivity index (χ3v) is 6.54. The van der Waals surface area contributed by atoms with Crippen molar-refractivity contribution in [2.45, 2.75) is 47.5 Å². The molecule has 0 fully saturated rings. The molecule has 1 amide bonds. The van der Waals surface area contributed by atoms with Crippen LogP contribution in [0.4, 0.5) is 11.4 Å². The first-order valence-electron chi connectivity index (χ1n) is 12.6. The largest absolute Gasteiger partial charge is 0.372 e. The topological polar surface area (TPSA) is 63.1 Å². The predicted molar refractivity (Wildman–Crippen MR) is 150 cm³/mol. The van der Waals surface area contributed by atoms with Gasteiger partial charge in [0.2, 0.25) is 5.91 Å². The minimum absolute atomic E-state index is 0.180. The number of carbonyl (C=O) groups excluding carboxylic acids is 1. The summed E-state index contributed by atoms with van der Waals surface area (Å²) in [4.78, 5) is 16.6. The number of aromatic nitrogens is 3. The molecule has 6 heteroatoms. The zero-order valence-corrected chi connectivity index (χ0v) is 22.0. The number of hydrogen-bond acceptors (Lipinski definition) is 4. The van der Waals surface area contributed by atoms with Crippen LogP contribution in [0.1, 0.15) is 55.9 Å². The molecular weight excluding hydrogens is 446 g/mol. The first-order chi connectivity index (χ1) is 17.3. The Morgan fingerprint density at radius 3 is 2.22 bits per heavy atom. The van der Waals surface area contributed by atoms with E-state index >= 15 is 0 Å². The van der Waals surface area contributed by atoms with E-state index in [1.807, 2.05) is 37.3 Å². The number of aryl methyl sites for hydroxylation is 2. The first-order valence-corrected chi connectivity index (χ1v) is 12.6. The molecule has 4 aromatic rings. The van der Waals surface area contributed by atoms with Crippen molar-refractivity contribution in [2.24, 2.45) is 0 Å². The van der Waals surface area contributed by atoms with Crippen molar-refractivity contribution in [1.82, 2.24) is 15.0 Å². The van der Waals surface area contributed by atoms with Gasteiger partial charge in [-0.15, -0.1) is 10.2 Å². The third kappa shape index (κ3) is 5.48. The molecule has 0 aliphatic heterocycles. The quantitative estimate of drug-likeness (QED) is 0.286. The summed E-state index contributed by atoms with van der Waals surface area (Å²) in [6.45, 7) is 14.6. The Balaban J connectivity index is 1.53. The average Bonchev–Trinajstić information content (AvgIpc) is 3.26. The number of rotatable bonds is 8. The Bertz CT molecular complexity index is 1400. The molecular formula is C30H35N5O. The van der Waals surface area contributed by atoms with Crippen LogP contribution in [0.5, 0.6) is 0 Å². The van der Waals surface area contributed by atoms with Gasteiger partial charge in [-0.25, -0.2) is 0 Å². The number of carbonyl (C=O) groups is 1. The van der Waals surface area contributed by atoms with Gasteiger partial charge in [0.05, 0.1) is 5.69 Å². The number of nitrogens with one attached hydrogen (secondary N) is 1. The van der Waals surface area contributed by atoms with E-state index in [1.54, 1.807) is 10.9 Å². The van der Waals surface area contributed by atoms with Crippen molar-refractivity contribution >= 4 is 34.4 Å². The highest BCUT2D eigenvalue weighted by Crippen LogP contribution is 2.25. The highest BCUT2D eigenvalue weighted by atomic mass is 16.1. The van der Waals surface area contributed by atoms with E-state index in [-0.39, 0.29) is 5.91 Å². The molecule has 0 saturated carbocycles. The Morgan fingerprint density at radius 1 is 0.944 bits per heavy atom. The van der Waals surface area contributed by atoms with Crippen LogP contribution in [0.3, 0.4) is 0 Å². The lowest BCUT2D eigenvalue weighted by atomic mass is 10.0. The van der Waals surface area contributed by atoms with Crippen LogP contribution in [0.15, 0.2) is 60.7 Å². The first kappa shape index (κ1) is 25.2. The maximum absolute atomic E-state index is 12.6. The summed E-state index contributed by atoms with van der Waals surface area (Å²) in [5.41, 5.74) is 8.71. The average molecular weight is 482 g/mol. The molecule has 1 heterocycles. The number of anilines is 2. The Kier molecular flexibility index (Phi) is 7.53. The molecule has 0 atom stereocenters. The normalized spacial score (nSPS) is 11.5. The second-order valence-corrected chi connectivity index (χ2v) is 9.43. The van der Waals surface area contributed by atoms with Gasteiger partial charge in [0.15, 0.2) is 0 Å². The molecule has 0 unspecified atom stereocenters. The molecule has 6 nitrogen and oxygen atoms in total. The molecule has 36 heavy (non-hydrogen) atoms. The van der Waals surface area contributed by atoms with E-state index in [1.165, 1.54) is 11.3 Å². The van der Waals surface area contributed by atoms with Crippen LogP contribution >= 0.6 is 0 Å². The standard InChI is InChI=1S/C30H35N5O/c1-7-34(8-2)25-14-15-29(22(6)17-25)35-32-27-18-21(5)26(19-28(27)33-35)31-30(36)16-11-23-9-12-24(13-10-23)20(3)4/h9-20H,7-8H2,1-6H3,(H,31,36)/b16-11+. The van der Waals surface area contributed by atoms with E-state index in [0.717, 1.165) is 52.2 Å². The van der Waals surface area contributed by atoms with Crippen molar-refractivity contribution in [2.75, 3.05) is 23.3 Å². The van der Waals surface area contributed by atoms with Gasteiger partial charge in [0.1, 0.15) is 11.0 Å². The minimum Gasteiger partial charge on any atom is -0.372 e. The monoisotopic (exact) mass is 481 g/mol. The van der Waals surface area contributed by atoms with Gasteiger partial charge in [-0.05, 0) is 92.3 Å². The molecule has 4 rings (SSSR count). The fraction of sp³-hybridized carbons (Fsp3) is 0.300. The van der Waals surface area contributed by atoms with E-state index in [2.05, 4.69) is 75.2 Å².